The van der Waals surface area contributed by atoms with Crippen LogP contribution in [0.4, 0.5) is 0 Å². The molecule has 0 radical (unpaired) electrons. The average molecular weight is 197 g/mol. The lowest BCUT2D eigenvalue weighted by molar-refractivity contribution is -0.138. The second-order valence-corrected chi connectivity index (χ2v) is 2.57. The van der Waals surface area contributed by atoms with Gasteiger partial charge in [0.15, 0.2) is 11.8 Å². The van der Waals surface area contributed by atoms with Crippen molar-refractivity contribution in [3.63, 3.8) is 0 Å². The van der Waals surface area contributed by atoms with E-state index in [9.17, 15) is 15.0 Å². The summed E-state index contributed by atoms with van der Waals surface area (Å²) in [6, 6.07) is 2.70. The minimum absolute atomic E-state index is 0.0701. The van der Waals surface area contributed by atoms with Crippen LogP contribution in [0.25, 0.3) is 0 Å². The minimum atomic E-state index is -0.531. The van der Waals surface area contributed by atoms with Crippen molar-refractivity contribution in [3.05, 3.63) is 24.8 Å². The molecule has 76 valence electrons. The summed E-state index contributed by atoms with van der Waals surface area (Å²) in [7, 11) is 0. The molecule has 0 aliphatic carbocycles. The summed E-state index contributed by atoms with van der Waals surface area (Å²) >= 11 is 0. The fraction of sp³-hybridized carbons (Fsp3) is 0.222. The smallest absolute Gasteiger partial charge is 0.330 e. The number of carbonyl (C=O) groups excluding carboxylic acids is 1. The van der Waals surface area contributed by atoms with Crippen LogP contribution in [0, 0.1) is 0 Å². The Morgan fingerprint density at radius 3 is 2.57 bits per heavy atom. The molecule has 5 heteroatoms. The summed E-state index contributed by atoms with van der Waals surface area (Å²) in [6.07, 6.45) is 1.05. The van der Waals surface area contributed by atoms with Crippen LogP contribution in [0.5, 0.6) is 11.8 Å². The summed E-state index contributed by atoms with van der Waals surface area (Å²) in [4.78, 5) is 10.6. The number of carbonyl (C=O) groups is 1. The molecular formula is C9H11NO4. The third-order valence-corrected chi connectivity index (χ3v) is 1.66. The predicted molar refractivity (Wildman–Crippen MR) is 48.9 cm³/mol. The van der Waals surface area contributed by atoms with Crippen molar-refractivity contribution >= 4 is 5.97 Å². The number of hydrogen-bond donors (Lipinski definition) is 2. The zero-order valence-corrected chi connectivity index (χ0v) is 7.51. The molecule has 14 heavy (non-hydrogen) atoms. The van der Waals surface area contributed by atoms with Crippen LogP contribution in [0.1, 0.15) is 0 Å². The number of nitrogens with zero attached hydrogens (tertiary/aromatic N) is 1. The number of hydrogen-bond acceptors (Lipinski definition) is 4. The molecule has 2 N–H and O–H groups in total. The van der Waals surface area contributed by atoms with Crippen molar-refractivity contribution < 1.29 is 19.7 Å². The molecule has 0 aliphatic rings. The molecule has 5 nitrogen and oxygen atoms in total. The zero-order chi connectivity index (χ0) is 10.6. The first-order valence-corrected chi connectivity index (χ1v) is 4.02. The maximum atomic E-state index is 10.6. The first kappa shape index (κ1) is 10.2. The maximum absolute atomic E-state index is 10.6. The highest BCUT2D eigenvalue weighted by Gasteiger charge is 2.05. The summed E-state index contributed by atoms with van der Waals surface area (Å²) in [5.41, 5.74) is 0. The topological polar surface area (TPSA) is 71.7 Å². The highest BCUT2D eigenvalue weighted by molar-refractivity contribution is 5.81. The van der Waals surface area contributed by atoms with E-state index >= 15 is 0 Å². The van der Waals surface area contributed by atoms with Gasteiger partial charge >= 0.3 is 5.97 Å². The van der Waals surface area contributed by atoms with Gasteiger partial charge in [-0.15, -0.1) is 0 Å². The number of rotatable bonds is 4. The Bertz CT molecular complexity index is 323. The van der Waals surface area contributed by atoms with Crippen LogP contribution < -0.4 is 0 Å². The van der Waals surface area contributed by atoms with Gasteiger partial charge in [0.2, 0.25) is 0 Å². The van der Waals surface area contributed by atoms with Gasteiger partial charge in [-0.1, -0.05) is 6.58 Å². The first-order chi connectivity index (χ1) is 6.65. The molecule has 0 saturated carbocycles. The molecule has 1 aromatic heterocycles. The van der Waals surface area contributed by atoms with E-state index in [1.807, 2.05) is 0 Å². The number of aromatic hydroxyl groups is 2. The summed E-state index contributed by atoms with van der Waals surface area (Å²) in [6.45, 7) is 3.50. The standard InChI is InChI=1S/C9H11NO4/c1-2-9(13)14-6-5-10-7(11)3-4-8(10)12/h2-4,11-12H,1,5-6H2. The Balaban J connectivity index is 2.46. The molecule has 0 aromatic carbocycles. The molecule has 0 atom stereocenters. The Morgan fingerprint density at radius 1 is 1.50 bits per heavy atom. The van der Waals surface area contributed by atoms with Gasteiger partial charge in [0.25, 0.3) is 0 Å². The average Bonchev–Trinajstić information content (AvgIpc) is 2.48. The van der Waals surface area contributed by atoms with E-state index in [0.29, 0.717) is 0 Å². The quantitative estimate of drug-likeness (QED) is 0.548. The van der Waals surface area contributed by atoms with Gasteiger partial charge in [-0.2, -0.15) is 0 Å². The van der Waals surface area contributed by atoms with Crippen LogP contribution in [-0.2, 0) is 16.1 Å². The van der Waals surface area contributed by atoms with Gasteiger partial charge in [-0.05, 0) is 0 Å². The molecule has 0 aliphatic heterocycles. The molecule has 1 aromatic rings. The van der Waals surface area contributed by atoms with Crippen molar-refractivity contribution in [1.29, 1.82) is 0 Å². The molecule has 1 rings (SSSR count). The van der Waals surface area contributed by atoms with E-state index in [-0.39, 0.29) is 24.9 Å². The van der Waals surface area contributed by atoms with Gasteiger partial charge in [-0.3, -0.25) is 4.57 Å². The highest BCUT2D eigenvalue weighted by Crippen LogP contribution is 2.20. The predicted octanol–water partition coefficient (Wildman–Crippen LogP) is 0.628. The molecule has 0 amide bonds. The summed E-state index contributed by atoms with van der Waals surface area (Å²) in [5, 5.41) is 18.4. The van der Waals surface area contributed by atoms with Gasteiger partial charge < -0.3 is 14.9 Å². The molecule has 1 heterocycles. The number of aromatic nitrogens is 1. The molecule has 0 unspecified atom stereocenters. The van der Waals surface area contributed by atoms with Gasteiger partial charge in [0, 0.05) is 18.2 Å². The van der Waals surface area contributed by atoms with E-state index < -0.39 is 5.97 Å². The number of esters is 1. The largest absolute Gasteiger partial charge is 0.494 e. The Labute approximate surface area is 80.8 Å². The van der Waals surface area contributed by atoms with E-state index in [0.717, 1.165) is 6.08 Å². The Kier molecular flexibility index (Phi) is 3.17. The molecule has 0 fully saturated rings. The lowest BCUT2D eigenvalue weighted by Gasteiger charge is -2.06. The second-order valence-electron chi connectivity index (χ2n) is 2.57. The minimum Gasteiger partial charge on any atom is -0.494 e. The van der Waals surface area contributed by atoms with Crippen LogP contribution >= 0.6 is 0 Å². The first-order valence-electron chi connectivity index (χ1n) is 4.02. The van der Waals surface area contributed by atoms with Crippen molar-refractivity contribution in [2.45, 2.75) is 6.54 Å². The molecule has 0 spiro atoms. The maximum Gasteiger partial charge on any atom is 0.330 e. The van der Waals surface area contributed by atoms with Gasteiger partial charge in [0.1, 0.15) is 6.61 Å². The van der Waals surface area contributed by atoms with Crippen molar-refractivity contribution in [1.82, 2.24) is 4.57 Å². The van der Waals surface area contributed by atoms with Crippen LogP contribution in [0.2, 0.25) is 0 Å². The normalized spacial score (nSPS) is 9.71. The van der Waals surface area contributed by atoms with Crippen LogP contribution in [-0.4, -0.2) is 27.4 Å². The second kappa shape index (κ2) is 4.36. The highest BCUT2D eigenvalue weighted by atomic mass is 16.5. The summed E-state index contributed by atoms with van der Waals surface area (Å²) in [5.74, 6) is -0.676. The number of ether oxygens (including phenoxy) is 1. The van der Waals surface area contributed by atoms with E-state index in [1.54, 1.807) is 0 Å². The molecular weight excluding hydrogens is 186 g/mol. The van der Waals surface area contributed by atoms with Crippen molar-refractivity contribution in [2.24, 2.45) is 0 Å². The molecule has 0 saturated heterocycles. The van der Waals surface area contributed by atoms with Crippen molar-refractivity contribution in [2.75, 3.05) is 6.61 Å². The van der Waals surface area contributed by atoms with Crippen LogP contribution in [0.3, 0.4) is 0 Å². The fourth-order valence-electron chi connectivity index (χ4n) is 0.972. The Morgan fingerprint density at radius 2 is 2.07 bits per heavy atom. The third-order valence-electron chi connectivity index (χ3n) is 1.66. The van der Waals surface area contributed by atoms with E-state index in [1.165, 1.54) is 16.7 Å². The lowest BCUT2D eigenvalue weighted by Crippen LogP contribution is -2.08. The van der Waals surface area contributed by atoms with Crippen LogP contribution in [0.15, 0.2) is 24.8 Å². The molecule has 0 bridgehead atoms. The lowest BCUT2D eigenvalue weighted by atomic mass is 10.6. The fourth-order valence-corrected chi connectivity index (χ4v) is 0.972. The summed E-state index contributed by atoms with van der Waals surface area (Å²) < 4.78 is 5.89. The SMILES string of the molecule is C=CC(=O)OCCn1c(O)ccc1O. The van der Waals surface area contributed by atoms with E-state index in [4.69, 9.17) is 0 Å². The zero-order valence-electron chi connectivity index (χ0n) is 7.51. The van der Waals surface area contributed by atoms with Gasteiger partial charge in [-0.25, -0.2) is 4.79 Å². The van der Waals surface area contributed by atoms with E-state index in [2.05, 4.69) is 11.3 Å². The Hall–Kier alpha value is -1.91. The van der Waals surface area contributed by atoms with Crippen molar-refractivity contribution in [3.8, 4) is 11.8 Å². The monoisotopic (exact) mass is 197 g/mol. The van der Waals surface area contributed by atoms with Gasteiger partial charge in [0.05, 0.1) is 6.54 Å². The third kappa shape index (κ3) is 2.29.